The Morgan fingerprint density at radius 2 is 1.96 bits per heavy atom. The number of H-pyrrole nitrogens is 1. The first kappa shape index (κ1) is 17.3. The summed E-state index contributed by atoms with van der Waals surface area (Å²) < 4.78 is 0. The Kier molecular flexibility index (Phi) is 4.56. The molecule has 0 aliphatic carbocycles. The van der Waals surface area contributed by atoms with Crippen molar-refractivity contribution >= 4 is 39.7 Å². The molecule has 136 valence electrons. The van der Waals surface area contributed by atoms with Crippen LogP contribution in [0.4, 0.5) is 0 Å². The summed E-state index contributed by atoms with van der Waals surface area (Å²) in [6.45, 7) is 6.21. The molecule has 4 rings (SSSR count). The van der Waals surface area contributed by atoms with E-state index in [0.29, 0.717) is 22.9 Å². The van der Waals surface area contributed by atoms with E-state index in [1.165, 1.54) is 18.2 Å². The van der Waals surface area contributed by atoms with E-state index in [-0.39, 0.29) is 11.2 Å². The van der Waals surface area contributed by atoms with Crippen LogP contribution in [0.1, 0.15) is 40.0 Å². The van der Waals surface area contributed by atoms with Crippen molar-refractivity contribution in [2.24, 2.45) is 0 Å². The predicted molar refractivity (Wildman–Crippen MR) is 104 cm³/mol. The van der Waals surface area contributed by atoms with E-state index in [4.69, 9.17) is 0 Å². The maximum atomic E-state index is 12.9. The van der Waals surface area contributed by atoms with Gasteiger partial charge in [-0.15, -0.1) is 10.2 Å². The molecule has 1 amide bonds. The van der Waals surface area contributed by atoms with E-state index in [0.717, 1.165) is 29.3 Å². The van der Waals surface area contributed by atoms with Crippen molar-refractivity contribution in [2.75, 3.05) is 0 Å². The van der Waals surface area contributed by atoms with Crippen LogP contribution in [0.15, 0.2) is 29.4 Å². The molecule has 3 unspecified atom stereocenters. The maximum absolute atomic E-state index is 12.9. The lowest BCUT2D eigenvalue weighted by atomic mass is 9.97. The van der Waals surface area contributed by atoms with E-state index in [1.807, 2.05) is 36.1 Å². The average molecular weight is 369 g/mol. The van der Waals surface area contributed by atoms with E-state index < -0.39 is 0 Å². The minimum Gasteiger partial charge on any atom is -0.338 e. The van der Waals surface area contributed by atoms with Gasteiger partial charge in [0, 0.05) is 23.0 Å². The highest BCUT2D eigenvalue weighted by Crippen LogP contribution is 2.29. The van der Waals surface area contributed by atoms with Crippen molar-refractivity contribution in [3.05, 3.63) is 24.3 Å². The summed E-state index contributed by atoms with van der Waals surface area (Å²) in [4.78, 5) is 22.8. The number of hydrogen-bond acceptors (Lipinski definition) is 5. The third-order valence-corrected chi connectivity index (χ3v) is 6.12. The van der Waals surface area contributed by atoms with Crippen LogP contribution in [-0.2, 0) is 4.79 Å². The molecule has 6 nitrogen and oxygen atoms in total. The fourth-order valence-electron chi connectivity index (χ4n) is 3.83. The largest absolute Gasteiger partial charge is 0.338 e. The van der Waals surface area contributed by atoms with Crippen molar-refractivity contribution in [3.63, 3.8) is 0 Å². The number of aromatic nitrogens is 4. The number of likely N-dealkylation sites (tertiary alicyclic amines) is 1. The SMILES string of the molecule is CC(Sc1nnc2c(n1)[nH]c1ccccc12)C(=O)N1C(C)CCCC1C. The molecule has 2 aromatic heterocycles. The summed E-state index contributed by atoms with van der Waals surface area (Å²) in [6.07, 6.45) is 3.34. The van der Waals surface area contributed by atoms with Gasteiger partial charge in [-0.1, -0.05) is 30.0 Å². The van der Waals surface area contributed by atoms with E-state index in [2.05, 4.69) is 34.0 Å². The summed E-state index contributed by atoms with van der Waals surface area (Å²) in [6, 6.07) is 8.54. The van der Waals surface area contributed by atoms with Crippen LogP contribution in [0.5, 0.6) is 0 Å². The molecule has 0 bridgehead atoms. The minimum absolute atomic E-state index is 0.162. The molecule has 3 atom stereocenters. The number of aromatic amines is 1. The Hall–Kier alpha value is -2.15. The number of benzene rings is 1. The summed E-state index contributed by atoms with van der Waals surface area (Å²) in [5.74, 6) is 0.162. The van der Waals surface area contributed by atoms with Crippen LogP contribution in [0, 0.1) is 0 Å². The van der Waals surface area contributed by atoms with Crippen LogP contribution in [0.2, 0.25) is 0 Å². The molecule has 0 saturated carbocycles. The monoisotopic (exact) mass is 369 g/mol. The second kappa shape index (κ2) is 6.87. The number of nitrogens with one attached hydrogen (secondary N) is 1. The van der Waals surface area contributed by atoms with E-state index >= 15 is 0 Å². The zero-order valence-corrected chi connectivity index (χ0v) is 16.1. The molecular formula is C19H23N5OS. The fourth-order valence-corrected chi connectivity index (χ4v) is 4.60. The lowest BCUT2D eigenvalue weighted by Crippen LogP contribution is -2.50. The Bertz CT molecular complexity index is 945. The van der Waals surface area contributed by atoms with Gasteiger partial charge < -0.3 is 9.88 Å². The molecule has 1 aliphatic heterocycles. The quantitative estimate of drug-likeness (QED) is 0.711. The number of para-hydroxylation sites is 1. The zero-order chi connectivity index (χ0) is 18.3. The highest BCUT2D eigenvalue weighted by atomic mass is 32.2. The molecule has 0 spiro atoms. The summed E-state index contributed by atoms with van der Waals surface area (Å²) in [5, 5.41) is 9.89. The van der Waals surface area contributed by atoms with Gasteiger partial charge >= 0.3 is 0 Å². The van der Waals surface area contributed by atoms with Gasteiger partial charge in [0.05, 0.1) is 5.25 Å². The van der Waals surface area contributed by atoms with Gasteiger partial charge in [0.15, 0.2) is 5.65 Å². The molecule has 1 fully saturated rings. The second-order valence-electron chi connectivity index (χ2n) is 7.10. The number of piperidine rings is 1. The lowest BCUT2D eigenvalue weighted by molar-refractivity contribution is -0.136. The number of rotatable bonds is 3. The zero-order valence-electron chi connectivity index (χ0n) is 15.3. The van der Waals surface area contributed by atoms with Gasteiger partial charge in [-0.05, 0) is 46.1 Å². The van der Waals surface area contributed by atoms with Gasteiger partial charge in [0.25, 0.3) is 0 Å². The Labute approximate surface area is 156 Å². The predicted octanol–water partition coefficient (Wildman–Crippen LogP) is 3.78. The fraction of sp³-hybridized carbons (Fsp3) is 0.474. The van der Waals surface area contributed by atoms with Crippen LogP contribution in [0.3, 0.4) is 0 Å². The number of thioether (sulfide) groups is 1. The first-order valence-electron chi connectivity index (χ1n) is 9.14. The molecule has 1 aliphatic rings. The van der Waals surface area contributed by atoms with Crippen molar-refractivity contribution < 1.29 is 4.79 Å². The molecule has 26 heavy (non-hydrogen) atoms. The van der Waals surface area contributed by atoms with Crippen LogP contribution in [0.25, 0.3) is 22.1 Å². The maximum Gasteiger partial charge on any atom is 0.236 e. The lowest BCUT2D eigenvalue weighted by Gasteiger charge is -2.40. The summed E-state index contributed by atoms with van der Waals surface area (Å²) in [7, 11) is 0. The van der Waals surface area contributed by atoms with Crippen LogP contribution < -0.4 is 0 Å². The highest BCUT2D eigenvalue weighted by Gasteiger charge is 2.32. The highest BCUT2D eigenvalue weighted by molar-refractivity contribution is 8.00. The van der Waals surface area contributed by atoms with Crippen molar-refractivity contribution in [1.29, 1.82) is 0 Å². The van der Waals surface area contributed by atoms with E-state index in [9.17, 15) is 4.79 Å². The Balaban J connectivity index is 1.56. The van der Waals surface area contributed by atoms with Gasteiger partial charge in [-0.2, -0.15) is 0 Å². The number of amides is 1. The molecule has 1 aromatic carbocycles. The molecule has 0 radical (unpaired) electrons. The molecule has 1 saturated heterocycles. The standard InChI is InChI=1S/C19H23N5OS/c1-11-7-6-8-12(2)24(11)18(25)13(3)26-19-21-17-16(22-23-19)14-9-4-5-10-15(14)20-17/h4-5,9-13H,6-8H2,1-3H3,(H,20,21,23). The topological polar surface area (TPSA) is 74.8 Å². The first-order chi connectivity index (χ1) is 12.5. The second-order valence-corrected chi connectivity index (χ2v) is 8.40. The van der Waals surface area contributed by atoms with Crippen LogP contribution in [-0.4, -0.2) is 48.3 Å². The number of carbonyl (C=O) groups excluding carboxylic acids is 1. The minimum atomic E-state index is -0.235. The third kappa shape index (κ3) is 3.05. The number of carbonyl (C=O) groups is 1. The van der Waals surface area contributed by atoms with Crippen molar-refractivity contribution in [1.82, 2.24) is 25.1 Å². The van der Waals surface area contributed by atoms with Gasteiger partial charge in [-0.3, -0.25) is 4.79 Å². The van der Waals surface area contributed by atoms with Gasteiger partial charge in [0.1, 0.15) is 5.52 Å². The molecule has 1 N–H and O–H groups in total. The number of nitrogens with zero attached hydrogens (tertiary/aromatic N) is 4. The third-order valence-electron chi connectivity index (χ3n) is 5.18. The first-order valence-corrected chi connectivity index (χ1v) is 10.0. The Morgan fingerprint density at radius 3 is 2.73 bits per heavy atom. The van der Waals surface area contributed by atoms with Crippen molar-refractivity contribution in [2.45, 2.75) is 62.5 Å². The number of hydrogen-bond donors (Lipinski definition) is 1. The normalized spacial score (nSPS) is 22.0. The Morgan fingerprint density at radius 1 is 1.23 bits per heavy atom. The average Bonchev–Trinajstić information content (AvgIpc) is 2.99. The molecule has 3 heterocycles. The van der Waals surface area contributed by atoms with Gasteiger partial charge in [0.2, 0.25) is 11.1 Å². The van der Waals surface area contributed by atoms with Crippen LogP contribution >= 0.6 is 11.8 Å². The number of fused-ring (bicyclic) bond motifs is 3. The van der Waals surface area contributed by atoms with Gasteiger partial charge in [-0.25, -0.2) is 4.98 Å². The smallest absolute Gasteiger partial charge is 0.236 e. The molecule has 3 aromatic rings. The van der Waals surface area contributed by atoms with E-state index in [1.54, 1.807) is 0 Å². The summed E-state index contributed by atoms with van der Waals surface area (Å²) in [5.41, 5.74) is 2.47. The van der Waals surface area contributed by atoms with Crippen molar-refractivity contribution in [3.8, 4) is 0 Å². The molecule has 7 heteroatoms. The molecular weight excluding hydrogens is 346 g/mol. The summed E-state index contributed by atoms with van der Waals surface area (Å²) >= 11 is 1.38.